The first kappa shape index (κ1) is 11.9. The zero-order chi connectivity index (χ0) is 12.4. The van der Waals surface area contributed by atoms with Crippen molar-refractivity contribution in [2.75, 3.05) is 13.1 Å². The molecule has 1 aliphatic rings. The lowest BCUT2D eigenvalue weighted by molar-refractivity contribution is 0.461. The number of benzene rings is 1. The summed E-state index contributed by atoms with van der Waals surface area (Å²) in [6.45, 7) is 2.22. The molecule has 2 aromatic rings. The highest BCUT2D eigenvalue weighted by Crippen LogP contribution is 2.24. The first-order valence-electron chi connectivity index (χ1n) is 6.34. The van der Waals surface area contributed by atoms with E-state index in [0.717, 1.165) is 23.2 Å². The van der Waals surface area contributed by atoms with E-state index in [1.54, 1.807) is 0 Å². The summed E-state index contributed by atoms with van der Waals surface area (Å²) in [7, 11) is 0. The minimum Gasteiger partial charge on any atom is -0.316 e. The van der Waals surface area contributed by atoms with Crippen LogP contribution < -0.4 is 5.32 Å². The number of halogens is 1. The van der Waals surface area contributed by atoms with Gasteiger partial charge in [0.25, 0.3) is 0 Å². The molecule has 1 unspecified atom stereocenters. The molecule has 0 bridgehead atoms. The van der Waals surface area contributed by atoms with Gasteiger partial charge in [0.05, 0.1) is 11.9 Å². The van der Waals surface area contributed by atoms with Gasteiger partial charge in [-0.25, -0.2) is 4.68 Å². The molecule has 1 fully saturated rings. The van der Waals surface area contributed by atoms with Gasteiger partial charge in [-0.3, -0.25) is 0 Å². The molecule has 0 spiro atoms. The molecule has 0 amide bonds. The lowest BCUT2D eigenvalue weighted by atomic mass is 9.94. The third-order valence-electron chi connectivity index (χ3n) is 3.44. The van der Waals surface area contributed by atoms with Gasteiger partial charge in [0.1, 0.15) is 0 Å². The Hall–Kier alpha value is -1.13. The third-order valence-corrected chi connectivity index (χ3v) is 3.94. The quantitative estimate of drug-likeness (QED) is 0.924. The van der Waals surface area contributed by atoms with E-state index in [1.165, 1.54) is 18.4 Å². The molecule has 1 aliphatic heterocycles. The van der Waals surface area contributed by atoms with E-state index in [-0.39, 0.29) is 0 Å². The fraction of sp³-hybridized carbons (Fsp3) is 0.357. The van der Waals surface area contributed by atoms with Crippen LogP contribution in [0.25, 0.3) is 5.69 Å². The molecule has 1 aromatic carbocycles. The zero-order valence-electron chi connectivity index (χ0n) is 10.1. The number of nitrogens with zero attached hydrogens (tertiary/aromatic N) is 2. The summed E-state index contributed by atoms with van der Waals surface area (Å²) in [6, 6.07) is 8.21. The van der Waals surface area contributed by atoms with Crippen molar-refractivity contribution < 1.29 is 0 Å². The minimum absolute atomic E-state index is 0.611. The largest absolute Gasteiger partial charge is 0.316 e. The second-order valence-electron chi connectivity index (χ2n) is 4.74. The Morgan fingerprint density at radius 2 is 2.33 bits per heavy atom. The van der Waals surface area contributed by atoms with Gasteiger partial charge in [0.2, 0.25) is 0 Å². The van der Waals surface area contributed by atoms with Crippen LogP contribution in [-0.2, 0) is 0 Å². The van der Waals surface area contributed by atoms with Gasteiger partial charge in [-0.1, -0.05) is 22.0 Å². The molecule has 1 atom stereocenters. The summed E-state index contributed by atoms with van der Waals surface area (Å²) in [6.07, 6.45) is 6.67. The second-order valence-corrected chi connectivity index (χ2v) is 5.66. The predicted molar refractivity (Wildman–Crippen MR) is 76.1 cm³/mol. The molecular formula is C14H16BrN3. The summed E-state index contributed by atoms with van der Waals surface area (Å²) >= 11 is 3.49. The van der Waals surface area contributed by atoms with Crippen molar-refractivity contribution in [3.05, 3.63) is 46.7 Å². The molecule has 94 valence electrons. The fourth-order valence-electron chi connectivity index (χ4n) is 2.44. The Bertz CT molecular complexity index is 529. The molecule has 0 aliphatic carbocycles. The molecule has 1 saturated heterocycles. The van der Waals surface area contributed by atoms with Gasteiger partial charge in [0.15, 0.2) is 0 Å². The van der Waals surface area contributed by atoms with Crippen LogP contribution in [0.2, 0.25) is 0 Å². The standard InChI is InChI=1S/C14H16BrN3/c15-13-4-1-5-14(7-13)18-10-12(9-17-18)11-3-2-6-16-8-11/h1,4-5,7,9-11,16H,2-3,6,8H2. The van der Waals surface area contributed by atoms with Crippen molar-refractivity contribution in [3.63, 3.8) is 0 Å². The number of piperidine rings is 1. The van der Waals surface area contributed by atoms with E-state index in [1.807, 2.05) is 23.0 Å². The molecular weight excluding hydrogens is 290 g/mol. The highest BCUT2D eigenvalue weighted by molar-refractivity contribution is 9.10. The van der Waals surface area contributed by atoms with Crippen LogP contribution in [0.3, 0.4) is 0 Å². The van der Waals surface area contributed by atoms with Gasteiger partial charge in [-0.15, -0.1) is 0 Å². The van der Waals surface area contributed by atoms with Crippen molar-refractivity contribution in [1.82, 2.24) is 15.1 Å². The smallest absolute Gasteiger partial charge is 0.0656 e. The average molecular weight is 306 g/mol. The van der Waals surface area contributed by atoms with Crippen molar-refractivity contribution in [2.45, 2.75) is 18.8 Å². The van der Waals surface area contributed by atoms with Gasteiger partial charge < -0.3 is 5.32 Å². The normalized spacial score (nSPS) is 19.9. The summed E-state index contributed by atoms with van der Waals surface area (Å²) in [5.74, 6) is 0.611. The molecule has 0 saturated carbocycles. The fourth-order valence-corrected chi connectivity index (χ4v) is 2.83. The van der Waals surface area contributed by atoms with Gasteiger partial charge >= 0.3 is 0 Å². The lowest BCUT2D eigenvalue weighted by Crippen LogP contribution is -2.28. The summed E-state index contributed by atoms with van der Waals surface area (Å²) < 4.78 is 3.03. The number of rotatable bonds is 2. The molecule has 1 aromatic heterocycles. The number of hydrogen-bond acceptors (Lipinski definition) is 2. The van der Waals surface area contributed by atoms with Crippen LogP contribution in [-0.4, -0.2) is 22.9 Å². The Kier molecular flexibility index (Phi) is 3.48. The molecule has 1 N–H and O–H groups in total. The SMILES string of the molecule is Brc1cccc(-n2cc(C3CCCNC3)cn2)c1. The van der Waals surface area contributed by atoms with E-state index in [0.29, 0.717) is 5.92 Å². The van der Waals surface area contributed by atoms with E-state index >= 15 is 0 Å². The van der Waals surface area contributed by atoms with Crippen LogP contribution in [0.15, 0.2) is 41.1 Å². The first-order valence-corrected chi connectivity index (χ1v) is 7.13. The Morgan fingerprint density at radius 3 is 3.11 bits per heavy atom. The second kappa shape index (κ2) is 5.24. The summed E-state index contributed by atoms with van der Waals surface area (Å²) in [5, 5.41) is 7.92. The summed E-state index contributed by atoms with van der Waals surface area (Å²) in [4.78, 5) is 0. The highest BCUT2D eigenvalue weighted by atomic mass is 79.9. The van der Waals surface area contributed by atoms with Crippen LogP contribution in [0.5, 0.6) is 0 Å². The first-order chi connectivity index (χ1) is 8.83. The Balaban J connectivity index is 1.84. The summed E-state index contributed by atoms with van der Waals surface area (Å²) in [5.41, 5.74) is 2.43. The maximum atomic E-state index is 4.47. The van der Waals surface area contributed by atoms with E-state index in [4.69, 9.17) is 0 Å². The van der Waals surface area contributed by atoms with Crippen LogP contribution in [0.1, 0.15) is 24.3 Å². The molecule has 18 heavy (non-hydrogen) atoms. The van der Waals surface area contributed by atoms with Gasteiger partial charge in [-0.2, -0.15) is 5.10 Å². The van der Waals surface area contributed by atoms with E-state index < -0.39 is 0 Å². The number of hydrogen-bond donors (Lipinski definition) is 1. The molecule has 0 radical (unpaired) electrons. The van der Waals surface area contributed by atoms with Crippen molar-refractivity contribution in [3.8, 4) is 5.69 Å². The lowest BCUT2D eigenvalue weighted by Gasteiger charge is -2.21. The Labute approximate surface area is 115 Å². The van der Waals surface area contributed by atoms with Gasteiger partial charge in [0, 0.05) is 17.2 Å². The monoisotopic (exact) mass is 305 g/mol. The highest BCUT2D eigenvalue weighted by Gasteiger charge is 2.16. The van der Waals surface area contributed by atoms with Gasteiger partial charge in [-0.05, 0) is 49.1 Å². The zero-order valence-corrected chi connectivity index (χ0v) is 11.7. The van der Waals surface area contributed by atoms with E-state index in [9.17, 15) is 0 Å². The predicted octanol–water partition coefficient (Wildman–Crippen LogP) is 3.10. The van der Waals surface area contributed by atoms with Crippen LogP contribution in [0, 0.1) is 0 Å². The van der Waals surface area contributed by atoms with Crippen molar-refractivity contribution in [2.24, 2.45) is 0 Å². The maximum absolute atomic E-state index is 4.47. The third kappa shape index (κ3) is 2.49. The minimum atomic E-state index is 0.611. The Morgan fingerprint density at radius 1 is 1.39 bits per heavy atom. The van der Waals surface area contributed by atoms with Crippen molar-refractivity contribution >= 4 is 15.9 Å². The number of aromatic nitrogens is 2. The molecule has 4 heteroatoms. The average Bonchev–Trinajstić information content (AvgIpc) is 2.89. The molecule has 2 heterocycles. The van der Waals surface area contributed by atoms with Crippen molar-refractivity contribution in [1.29, 1.82) is 0 Å². The molecule has 3 rings (SSSR count). The van der Waals surface area contributed by atoms with Crippen LogP contribution in [0.4, 0.5) is 0 Å². The molecule has 3 nitrogen and oxygen atoms in total. The number of nitrogens with one attached hydrogen (secondary N) is 1. The van der Waals surface area contributed by atoms with Crippen LogP contribution >= 0.6 is 15.9 Å². The topological polar surface area (TPSA) is 29.9 Å². The van der Waals surface area contributed by atoms with E-state index in [2.05, 4.69) is 44.7 Å². The maximum Gasteiger partial charge on any atom is 0.0656 e.